The molecule has 11 heavy (non-hydrogen) atoms. The molecule has 0 radical (unpaired) electrons. The van der Waals surface area contributed by atoms with Gasteiger partial charge >= 0.3 is 0 Å². The normalized spacial score (nSPS) is 46.9. The van der Waals surface area contributed by atoms with Gasteiger partial charge in [0, 0.05) is 5.92 Å². The second kappa shape index (κ2) is 3.55. The summed E-state index contributed by atoms with van der Waals surface area (Å²) in [5, 5.41) is 9.42. The Morgan fingerprint density at radius 1 is 1.18 bits per heavy atom. The predicted molar refractivity (Wildman–Crippen MR) is 44.1 cm³/mol. The molecular weight excluding hydrogens is 140 g/mol. The van der Waals surface area contributed by atoms with E-state index in [0.29, 0.717) is 5.92 Å². The second-order valence-corrected chi connectivity index (χ2v) is 3.89. The van der Waals surface area contributed by atoms with E-state index < -0.39 is 6.29 Å². The summed E-state index contributed by atoms with van der Waals surface area (Å²) in [6.45, 7) is 6.28. The van der Waals surface area contributed by atoms with Gasteiger partial charge in [-0.05, 0) is 25.7 Å². The van der Waals surface area contributed by atoms with Crippen LogP contribution in [0.25, 0.3) is 0 Å². The Bertz CT molecular complexity index is 111. The molecule has 1 aliphatic heterocycles. The predicted octanol–water partition coefficient (Wildman–Crippen LogP) is 1.78. The van der Waals surface area contributed by atoms with E-state index in [0.717, 1.165) is 12.8 Å². The maximum Gasteiger partial charge on any atom is 0.157 e. The first-order chi connectivity index (χ1) is 5.09. The molecule has 1 aliphatic rings. The van der Waals surface area contributed by atoms with Crippen LogP contribution in [0.3, 0.4) is 0 Å². The lowest BCUT2D eigenvalue weighted by Gasteiger charge is -2.17. The summed E-state index contributed by atoms with van der Waals surface area (Å²) in [6, 6.07) is 0. The molecule has 0 aromatic heterocycles. The van der Waals surface area contributed by atoms with Gasteiger partial charge in [-0.3, -0.25) is 0 Å². The maximum absolute atomic E-state index is 9.42. The van der Waals surface area contributed by atoms with Gasteiger partial charge in [-0.1, -0.05) is 13.8 Å². The molecule has 0 aromatic rings. The maximum atomic E-state index is 9.42. The minimum atomic E-state index is -0.546. The lowest BCUT2D eigenvalue weighted by atomic mass is 9.94. The number of ether oxygens (including phenoxy) is 1. The zero-order valence-electron chi connectivity index (χ0n) is 7.58. The zero-order valence-corrected chi connectivity index (χ0v) is 7.58. The highest BCUT2D eigenvalue weighted by Gasteiger charge is 2.25. The molecule has 1 rings (SSSR count). The molecule has 0 aliphatic carbocycles. The molecule has 0 amide bonds. The summed E-state index contributed by atoms with van der Waals surface area (Å²) in [5.74, 6) is 0.965. The van der Waals surface area contributed by atoms with Crippen molar-refractivity contribution in [2.45, 2.75) is 46.0 Å². The highest BCUT2D eigenvalue weighted by molar-refractivity contribution is 4.69. The molecule has 0 aromatic carbocycles. The first-order valence-corrected chi connectivity index (χ1v) is 4.43. The molecule has 4 atom stereocenters. The quantitative estimate of drug-likeness (QED) is 0.582. The van der Waals surface area contributed by atoms with Gasteiger partial charge in [-0.15, -0.1) is 0 Å². The van der Waals surface area contributed by atoms with Crippen LogP contribution in [0.2, 0.25) is 0 Å². The van der Waals surface area contributed by atoms with Crippen molar-refractivity contribution in [3.63, 3.8) is 0 Å². The smallest absolute Gasteiger partial charge is 0.157 e. The fourth-order valence-corrected chi connectivity index (χ4v) is 1.84. The van der Waals surface area contributed by atoms with Gasteiger partial charge < -0.3 is 9.84 Å². The standard InChI is InChI=1S/C9H18O2/c1-6-4-7(2)9(10)11-8(3)5-6/h6-10H,4-5H2,1-3H3/t6-,7-,8-,9-/m1/s1. The lowest BCUT2D eigenvalue weighted by Crippen LogP contribution is -2.22. The molecule has 0 saturated carbocycles. The average Bonchev–Trinajstić information content (AvgIpc) is 1.93. The fraction of sp³-hybridized carbons (Fsp3) is 1.00. The van der Waals surface area contributed by atoms with E-state index in [1.807, 2.05) is 13.8 Å². The Balaban J connectivity index is 2.51. The minimum Gasteiger partial charge on any atom is -0.368 e. The molecule has 1 saturated heterocycles. The lowest BCUT2D eigenvalue weighted by molar-refractivity contribution is -0.149. The van der Waals surface area contributed by atoms with Crippen LogP contribution in [0.1, 0.15) is 33.6 Å². The largest absolute Gasteiger partial charge is 0.368 e. The monoisotopic (exact) mass is 158 g/mol. The van der Waals surface area contributed by atoms with E-state index in [-0.39, 0.29) is 12.0 Å². The first kappa shape index (κ1) is 9.01. The summed E-state index contributed by atoms with van der Waals surface area (Å²) in [5.41, 5.74) is 0. The van der Waals surface area contributed by atoms with Crippen molar-refractivity contribution in [2.75, 3.05) is 0 Å². The van der Waals surface area contributed by atoms with Crippen molar-refractivity contribution in [1.29, 1.82) is 0 Å². The van der Waals surface area contributed by atoms with Crippen molar-refractivity contribution in [3.05, 3.63) is 0 Å². The van der Waals surface area contributed by atoms with E-state index in [2.05, 4.69) is 6.92 Å². The molecule has 0 bridgehead atoms. The third-order valence-corrected chi connectivity index (χ3v) is 2.37. The number of rotatable bonds is 0. The third kappa shape index (κ3) is 2.46. The van der Waals surface area contributed by atoms with E-state index >= 15 is 0 Å². The SMILES string of the molecule is C[C@H]1C[C@@H](C)O[C@@H](O)[C@H](C)C1. The Morgan fingerprint density at radius 2 is 1.82 bits per heavy atom. The minimum absolute atomic E-state index is 0.213. The van der Waals surface area contributed by atoms with Crippen LogP contribution >= 0.6 is 0 Å². The summed E-state index contributed by atoms with van der Waals surface area (Å²) < 4.78 is 5.35. The topological polar surface area (TPSA) is 29.5 Å². The highest BCUT2D eigenvalue weighted by atomic mass is 16.6. The van der Waals surface area contributed by atoms with Gasteiger partial charge in [-0.25, -0.2) is 0 Å². The zero-order chi connectivity index (χ0) is 8.43. The van der Waals surface area contributed by atoms with Gasteiger partial charge in [0.2, 0.25) is 0 Å². The molecule has 66 valence electrons. The van der Waals surface area contributed by atoms with Crippen molar-refractivity contribution in [1.82, 2.24) is 0 Å². The Morgan fingerprint density at radius 3 is 2.45 bits per heavy atom. The van der Waals surface area contributed by atoms with Crippen molar-refractivity contribution < 1.29 is 9.84 Å². The van der Waals surface area contributed by atoms with Crippen molar-refractivity contribution in [3.8, 4) is 0 Å². The van der Waals surface area contributed by atoms with Crippen LogP contribution in [0.5, 0.6) is 0 Å². The van der Waals surface area contributed by atoms with Crippen LogP contribution in [-0.2, 0) is 4.74 Å². The summed E-state index contributed by atoms with van der Waals surface area (Å²) >= 11 is 0. The van der Waals surface area contributed by atoms with Crippen LogP contribution in [0.15, 0.2) is 0 Å². The molecule has 2 nitrogen and oxygen atoms in total. The molecule has 0 unspecified atom stereocenters. The van der Waals surface area contributed by atoms with Crippen molar-refractivity contribution >= 4 is 0 Å². The van der Waals surface area contributed by atoms with E-state index in [1.165, 1.54) is 0 Å². The Labute approximate surface area is 68.6 Å². The number of hydrogen-bond donors (Lipinski definition) is 1. The van der Waals surface area contributed by atoms with Crippen LogP contribution in [-0.4, -0.2) is 17.5 Å². The van der Waals surface area contributed by atoms with Gasteiger partial charge in [0.15, 0.2) is 6.29 Å². The summed E-state index contributed by atoms with van der Waals surface area (Å²) in [7, 11) is 0. The number of aliphatic hydroxyl groups is 1. The van der Waals surface area contributed by atoms with Gasteiger partial charge in [0.1, 0.15) is 0 Å². The fourth-order valence-electron chi connectivity index (χ4n) is 1.84. The van der Waals surface area contributed by atoms with Crippen LogP contribution < -0.4 is 0 Å². The average molecular weight is 158 g/mol. The van der Waals surface area contributed by atoms with Crippen LogP contribution in [0.4, 0.5) is 0 Å². The molecule has 0 spiro atoms. The molecular formula is C9H18O2. The molecule has 1 N–H and O–H groups in total. The van der Waals surface area contributed by atoms with Gasteiger partial charge in [0.25, 0.3) is 0 Å². The summed E-state index contributed by atoms with van der Waals surface area (Å²) in [4.78, 5) is 0. The van der Waals surface area contributed by atoms with Gasteiger partial charge in [-0.2, -0.15) is 0 Å². The Hall–Kier alpha value is -0.0800. The molecule has 1 heterocycles. The van der Waals surface area contributed by atoms with E-state index in [9.17, 15) is 5.11 Å². The Kier molecular flexibility index (Phi) is 2.90. The number of aliphatic hydroxyl groups excluding tert-OH is 1. The molecule has 2 heteroatoms. The van der Waals surface area contributed by atoms with E-state index in [1.54, 1.807) is 0 Å². The second-order valence-electron chi connectivity index (χ2n) is 3.89. The van der Waals surface area contributed by atoms with Gasteiger partial charge in [0.05, 0.1) is 6.10 Å². The number of hydrogen-bond acceptors (Lipinski definition) is 2. The first-order valence-electron chi connectivity index (χ1n) is 4.43. The molecule has 1 fully saturated rings. The van der Waals surface area contributed by atoms with E-state index in [4.69, 9.17) is 4.74 Å². The highest BCUT2D eigenvalue weighted by Crippen LogP contribution is 2.26. The third-order valence-electron chi connectivity index (χ3n) is 2.37. The van der Waals surface area contributed by atoms with Crippen molar-refractivity contribution in [2.24, 2.45) is 11.8 Å². The van der Waals surface area contributed by atoms with Crippen LogP contribution in [0, 0.1) is 11.8 Å². The summed E-state index contributed by atoms with van der Waals surface area (Å²) in [6.07, 6.45) is 1.81.